The Morgan fingerprint density at radius 3 is 2.00 bits per heavy atom. The fourth-order valence-corrected chi connectivity index (χ4v) is 3.98. The maximum absolute atomic E-state index is 12.8. The molecule has 8 nitrogen and oxygen atoms in total. The molecule has 2 aromatic rings. The van der Waals surface area contributed by atoms with E-state index in [4.69, 9.17) is 0 Å². The van der Waals surface area contributed by atoms with Crippen LogP contribution in [0.2, 0.25) is 0 Å². The lowest BCUT2D eigenvalue weighted by Gasteiger charge is -2.29. The van der Waals surface area contributed by atoms with Crippen molar-refractivity contribution in [1.29, 1.82) is 0 Å². The van der Waals surface area contributed by atoms with Crippen LogP contribution in [0.1, 0.15) is 32.6 Å². The number of aromatic nitrogens is 2. The summed E-state index contributed by atoms with van der Waals surface area (Å²) >= 11 is 0. The molecule has 0 bridgehead atoms. The summed E-state index contributed by atoms with van der Waals surface area (Å²) in [5, 5.41) is 11.8. The third kappa shape index (κ3) is 8.41. The first kappa shape index (κ1) is 26.2. The van der Waals surface area contributed by atoms with Crippen molar-refractivity contribution < 1.29 is 22.8 Å². The van der Waals surface area contributed by atoms with Crippen LogP contribution in [0.15, 0.2) is 36.4 Å². The Bertz CT molecular complexity index is 979. The van der Waals surface area contributed by atoms with Gasteiger partial charge >= 0.3 is 6.18 Å². The van der Waals surface area contributed by atoms with Crippen LogP contribution < -0.4 is 21.3 Å². The molecule has 4 N–H and O–H groups in total. The summed E-state index contributed by atoms with van der Waals surface area (Å²) in [5.41, 5.74) is 0.837. The Balaban J connectivity index is 1.52. The van der Waals surface area contributed by atoms with Gasteiger partial charge in [-0.25, -0.2) is 9.97 Å². The first-order valence-electron chi connectivity index (χ1n) is 11.7. The number of hydrogen-bond acceptors (Lipinski definition) is 6. The van der Waals surface area contributed by atoms with Gasteiger partial charge in [-0.3, -0.25) is 9.59 Å². The minimum absolute atomic E-state index is 0.000742. The molecule has 1 aromatic carbocycles. The summed E-state index contributed by atoms with van der Waals surface area (Å²) in [7, 11) is 0. The van der Waals surface area contributed by atoms with Gasteiger partial charge < -0.3 is 21.3 Å². The van der Waals surface area contributed by atoms with Crippen molar-refractivity contribution in [3.05, 3.63) is 36.4 Å². The molecule has 1 aliphatic carbocycles. The van der Waals surface area contributed by atoms with Crippen LogP contribution in [-0.4, -0.2) is 54.1 Å². The van der Waals surface area contributed by atoms with E-state index in [9.17, 15) is 22.8 Å². The van der Waals surface area contributed by atoms with Gasteiger partial charge in [0.25, 0.3) is 0 Å². The van der Waals surface area contributed by atoms with Gasteiger partial charge in [-0.1, -0.05) is 30.3 Å². The van der Waals surface area contributed by atoms with Crippen LogP contribution in [0, 0.1) is 11.8 Å². The van der Waals surface area contributed by atoms with Crippen molar-refractivity contribution in [2.24, 2.45) is 11.8 Å². The standard InChI is InChI=1S/C24H31F3N6O2/c1-16(34)28-11-12-29-20-15-21(33-22(32-20)17-5-3-2-4-6-17)30-13-14-31-23(35)18-7-9-19(10-8-18)24(25,26)27/h2-6,15,18-19H,7-14H2,1H3,(H,28,34)(H,31,35)(H2,29,30,32,33). The molecule has 1 heterocycles. The summed E-state index contributed by atoms with van der Waals surface area (Å²) in [4.78, 5) is 32.5. The van der Waals surface area contributed by atoms with E-state index in [0.29, 0.717) is 43.6 Å². The van der Waals surface area contributed by atoms with Crippen LogP contribution in [-0.2, 0) is 9.59 Å². The first-order valence-corrected chi connectivity index (χ1v) is 11.7. The van der Waals surface area contributed by atoms with Crippen molar-refractivity contribution in [1.82, 2.24) is 20.6 Å². The van der Waals surface area contributed by atoms with Gasteiger partial charge in [-0.15, -0.1) is 0 Å². The van der Waals surface area contributed by atoms with Gasteiger partial charge in [0.2, 0.25) is 11.8 Å². The molecule has 0 aliphatic heterocycles. The monoisotopic (exact) mass is 492 g/mol. The third-order valence-corrected chi connectivity index (χ3v) is 5.85. The minimum Gasteiger partial charge on any atom is -0.368 e. The number of rotatable bonds is 10. The molecular weight excluding hydrogens is 461 g/mol. The zero-order valence-electron chi connectivity index (χ0n) is 19.6. The average Bonchev–Trinajstić information content (AvgIpc) is 2.84. The van der Waals surface area contributed by atoms with E-state index in [2.05, 4.69) is 31.2 Å². The molecule has 3 rings (SSSR count). The number of nitrogens with one attached hydrogen (secondary N) is 4. The molecule has 0 spiro atoms. The molecule has 1 saturated carbocycles. The van der Waals surface area contributed by atoms with Gasteiger partial charge in [0.15, 0.2) is 5.82 Å². The second-order valence-electron chi connectivity index (χ2n) is 8.55. The summed E-state index contributed by atoms with van der Waals surface area (Å²) in [6.07, 6.45) is -3.67. The van der Waals surface area contributed by atoms with E-state index < -0.39 is 12.1 Å². The number of nitrogens with zero attached hydrogens (tertiary/aromatic N) is 2. The van der Waals surface area contributed by atoms with E-state index in [1.807, 2.05) is 30.3 Å². The van der Waals surface area contributed by atoms with Crippen LogP contribution >= 0.6 is 0 Å². The van der Waals surface area contributed by atoms with Crippen LogP contribution in [0.3, 0.4) is 0 Å². The number of alkyl halides is 3. The quantitative estimate of drug-likeness (QED) is 0.378. The van der Waals surface area contributed by atoms with Crippen LogP contribution in [0.4, 0.5) is 24.8 Å². The zero-order chi connectivity index (χ0) is 25.3. The maximum Gasteiger partial charge on any atom is 0.391 e. The Hall–Kier alpha value is -3.37. The second-order valence-corrected chi connectivity index (χ2v) is 8.55. The molecule has 190 valence electrons. The largest absolute Gasteiger partial charge is 0.391 e. The number of hydrogen-bond donors (Lipinski definition) is 4. The van der Waals surface area contributed by atoms with Crippen molar-refractivity contribution in [2.45, 2.75) is 38.8 Å². The van der Waals surface area contributed by atoms with Crippen molar-refractivity contribution in [3.8, 4) is 11.4 Å². The molecule has 0 atom stereocenters. The highest BCUT2D eigenvalue weighted by molar-refractivity contribution is 5.78. The van der Waals surface area contributed by atoms with Gasteiger partial charge in [-0.2, -0.15) is 13.2 Å². The topological polar surface area (TPSA) is 108 Å². The van der Waals surface area contributed by atoms with Gasteiger partial charge in [0.1, 0.15) is 11.6 Å². The molecule has 0 radical (unpaired) electrons. The lowest BCUT2D eigenvalue weighted by Crippen LogP contribution is -2.37. The summed E-state index contributed by atoms with van der Waals surface area (Å²) in [6, 6.07) is 11.2. The number of carbonyl (C=O) groups excluding carboxylic acids is 2. The molecule has 11 heteroatoms. The number of halogens is 3. The van der Waals surface area contributed by atoms with Crippen molar-refractivity contribution in [3.63, 3.8) is 0 Å². The van der Waals surface area contributed by atoms with Crippen molar-refractivity contribution >= 4 is 23.5 Å². The predicted octanol–water partition coefficient (Wildman–Crippen LogP) is 3.59. The molecule has 1 fully saturated rings. The summed E-state index contributed by atoms with van der Waals surface area (Å²) in [6.45, 7) is 3.08. The van der Waals surface area contributed by atoms with Gasteiger partial charge in [0, 0.05) is 50.7 Å². The molecule has 1 aliphatic rings. The van der Waals surface area contributed by atoms with E-state index in [0.717, 1.165) is 5.56 Å². The van der Waals surface area contributed by atoms with E-state index in [-0.39, 0.29) is 43.4 Å². The van der Waals surface area contributed by atoms with Crippen LogP contribution in [0.5, 0.6) is 0 Å². The lowest BCUT2D eigenvalue weighted by atomic mass is 9.81. The van der Waals surface area contributed by atoms with Gasteiger partial charge in [0.05, 0.1) is 5.92 Å². The SMILES string of the molecule is CC(=O)NCCNc1cc(NCCNC(=O)C2CCC(C(F)(F)F)CC2)nc(-c2ccccc2)n1. The highest BCUT2D eigenvalue weighted by Crippen LogP contribution is 2.39. The highest BCUT2D eigenvalue weighted by atomic mass is 19.4. The Morgan fingerprint density at radius 1 is 0.886 bits per heavy atom. The molecule has 1 aromatic heterocycles. The maximum atomic E-state index is 12.8. The zero-order valence-corrected chi connectivity index (χ0v) is 19.6. The van der Waals surface area contributed by atoms with E-state index >= 15 is 0 Å². The summed E-state index contributed by atoms with van der Waals surface area (Å²) in [5.74, 6) is -0.346. The third-order valence-electron chi connectivity index (χ3n) is 5.85. The Kier molecular flexibility index (Phi) is 9.27. The molecule has 0 saturated heterocycles. The molecule has 35 heavy (non-hydrogen) atoms. The first-order chi connectivity index (χ1) is 16.7. The molecule has 0 unspecified atom stereocenters. The van der Waals surface area contributed by atoms with E-state index in [1.54, 1.807) is 6.07 Å². The lowest BCUT2D eigenvalue weighted by molar-refractivity contribution is -0.184. The van der Waals surface area contributed by atoms with Crippen LogP contribution in [0.25, 0.3) is 11.4 Å². The number of benzene rings is 1. The van der Waals surface area contributed by atoms with E-state index in [1.165, 1.54) is 6.92 Å². The van der Waals surface area contributed by atoms with Crippen molar-refractivity contribution in [2.75, 3.05) is 36.8 Å². The predicted molar refractivity (Wildman–Crippen MR) is 128 cm³/mol. The number of anilines is 2. The Morgan fingerprint density at radius 2 is 1.46 bits per heavy atom. The number of carbonyl (C=O) groups is 2. The fraction of sp³-hybridized carbons (Fsp3) is 0.500. The fourth-order valence-electron chi connectivity index (χ4n) is 3.98. The molecule has 2 amide bonds. The average molecular weight is 493 g/mol. The Labute approximate surface area is 202 Å². The normalized spacial score (nSPS) is 17.9. The summed E-state index contributed by atoms with van der Waals surface area (Å²) < 4.78 is 38.5. The molecular formula is C24H31F3N6O2. The van der Waals surface area contributed by atoms with Gasteiger partial charge in [-0.05, 0) is 25.7 Å². The smallest absolute Gasteiger partial charge is 0.368 e. The minimum atomic E-state index is -4.18. The number of amides is 2. The highest BCUT2D eigenvalue weighted by Gasteiger charge is 2.42. The second kappa shape index (κ2) is 12.4.